The molecule has 0 heterocycles. The average Bonchev–Trinajstić information content (AvgIpc) is 2.98. The number of hydrogen-bond donors (Lipinski definition) is 1. The smallest absolute Gasteiger partial charge is 1.00 e. The molecule has 3 unspecified atom stereocenters. The van der Waals surface area contributed by atoms with Gasteiger partial charge in [0.1, 0.15) is 0 Å². The van der Waals surface area contributed by atoms with E-state index >= 15 is 0 Å². The summed E-state index contributed by atoms with van der Waals surface area (Å²) in [5, 5.41) is 0. The molecule has 0 aromatic heterocycles. The van der Waals surface area contributed by atoms with E-state index in [-0.39, 0.29) is 42.1 Å². The number of nitrogens with one attached hydrogen (secondary N) is 1. The van der Waals surface area contributed by atoms with Crippen molar-refractivity contribution in [2.45, 2.75) is 50.2 Å². The van der Waals surface area contributed by atoms with Gasteiger partial charge in [0.25, 0.3) is 0 Å². The summed E-state index contributed by atoms with van der Waals surface area (Å²) in [4.78, 5) is 13.1. The van der Waals surface area contributed by atoms with Crippen molar-refractivity contribution in [3.63, 3.8) is 0 Å². The first kappa shape index (κ1) is 22.0. The van der Waals surface area contributed by atoms with Crippen LogP contribution in [-0.4, -0.2) is 14.7 Å². The van der Waals surface area contributed by atoms with Crippen LogP contribution < -0.4 is 28.6 Å². The molecular weight excluding hydrogens is 393 g/mol. The van der Waals surface area contributed by atoms with Crippen LogP contribution in [0.5, 0.6) is 0 Å². The predicted molar refractivity (Wildman–Crippen MR) is 89.9 cm³/mol. The van der Waals surface area contributed by atoms with Crippen molar-refractivity contribution in [2.24, 2.45) is 5.41 Å². The van der Waals surface area contributed by atoms with Crippen molar-refractivity contribution in [1.29, 1.82) is 0 Å². The van der Waals surface area contributed by atoms with Gasteiger partial charge in [-0.15, -0.1) is 0 Å². The zero-order valence-electron chi connectivity index (χ0n) is 14.2. The minimum atomic E-state index is -0.912. The third-order valence-corrected chi connectivity index (χ3v) is 8.60. The largest absolute Gasteiger partial charge is 1.00 e. The Bertz CT molecular complexity index is 610. The van der Waals surface area contributed by atoms with E-state index in [1.807, 2.05) is 20.7 Å². The number of halogens is 2. The van der Waals surface area contributed by atoms with Gasteiger partial charge in [-0.2, -0.15) is 0 Å². The molecule has 0 aliphatic heterocycles. The van der Waals surface area contributed by atoms with E-state index < -0.39 is 8.80 Å². The maximum atomic E-state index is 13.1. The maximum Gasteiger partial charge on any atom is -1.00 e. The summed E-state index contributed by atoms with van der Waals surface area (Å²) in [6, 6.07) is 8.60. The molecule has 1 aromatic rings. The first-order chi connectivity index (χ1) is 10.6. The second-order valence-electron chi connectivity index (χ2n) is 7.06. The SMILES string of the molecule is C[SiH](C)C1CCCCC1(C(=O)[NH][Ti+2])C1C=Cc2ccccc21.[Cl-].[Cl-]. The summed E-state index contributed by atoms with van der Waals surface area (Å²) < 4.78 is 3.02. The Hall–Kier alpha value is -0.0588. The van der Waals surface area contributed by atoms with Crippen molar-refractivity contribution in [2.75, 3.05) is 0 Å². The molecule has 2 nitrogen and oxygen atoms in total. The Morgan fingerprint density at radius 3 is 2.62 bits per heavy atom. The summed E-state index contributed by atoms with van der Waals surface area (Å²) in [6.45, 7) is 4.83. The molecule has 24 heavy (non-hydrogen) atoms. The minimum absolute atomic E-state index is 0. The van der Waals surface area contributed by atoms with E-state index in [2.05, 4.69) is 53.3 Å². The average molecular weight is 417 g/mol. The quantitative estimate of drug-likeness (QED) is 0.556. The van der Waals surface area contributed by atoms with E-state index in [1.54, 1.807) is 0 Å². The number of amides is 1. The van der Waals surface area contributed by atoms with Crippen molar-refractivity contribution in [1.82, 2.24) is 3.80 Å². The van der Waals surface area contributed by atoms with E-state index in [4.69, 9.17) is 0 Å². The molecule has 1 aromatic carbocycles. The number of hydrogen-bond acceptors (Lipinski definition) is 1. The molecule has 3 atom stereocenters. The van der Waals surface area contributed by atoms with Gasteiger partial charge < -0.3 is 24.8 Å². The maximum absolute atomic E-state index is 13.1. The molecule has 1 fully saturated rings. The summed E-state index contributed by atoms with van der Waals surface area (Å²) >= 11 is 1.81. The van der Waals surface area contributed by atoms with Crippen molar-refractivity contribution in [3.8, 4) is 0 Å². The predicted octanol–water partition coefficient (Wildman–Crippen LogP) is -2.20. The zero-order chi connectivity index (χ0) is 15.7. The van der Waals surface area contributed by atoms with E-state index in [0.717, 1.165) is 6.42 Å². The van der Waals surface area contributed by atoms with Crippen LogP contribution in [0.15, 0.2) is 30.3 Å². The molecular formula is C18H24Cl2NOSiTi. The normalized spacial score (nSPS) is 27.9. The summed E-state index contributed by atoms with van der Waals surface area (Å²) in [5.41, 5.74) is 3.01. The van der Waals surface area contributed by atoms with Gasteiger partial charge >= 0.3 is 147 Å². The molecule has 0 bridgehead atoms. The van der Waals surface area contributed by atoms with Gasteiger partial charge in [-0.05, 0) is 0 Å². The molecule has 2 aliphatic carbocycles. The Morgan fingerprint density at radius 1 is 1.25 bits per heavy atom. The Balaban J connectivity index is 0.00000144. The molecule has 6 heteroatoms. The van der Waals surface area contributed by atoms with Crippen LogP contribution in [0.1, 0.15) is 42.7 Å². The standard InChI is InChI=1S/C18H25NOSi.2ClH.Ti/c1-21(2)16-9-5-6-12-18(16,17(19)20)15-11-10-13-7-3-4-8-14(13)15;;;/h3-4,7-8,10-11,15-16,21H,5-6,9,12H2,1-2H3,(H2,19,20);2*1H;/q;;;+3/p-3. The monoisotopic (exact) mass is 416 g/mol. The van der Waals surface area contributed by atoms with E-state index in [9.17, 15) is 4.79 Å². The van der Waals surface area contributed by atoms with Crippen LogP contribution in [-0.2, 0) is 25.5 Å². The molecule has 0 spiro atoms. The van der Waals surface area contributed by atoms with Crippen LogP contribution in [0.4, 0.5) is 0 Å². The zero-order valence-corrected chi connectivity index (χ0v) is 18.4. The molecule has 1 N–H and O–H groups in total. The topological polar surface area (TPSA) is 29.1 Å². The third-order valence-electron chi connectivity index (χ3n) is 5.71. The molecule has 129 valence electrons. The van der Waals surface area contributed by atoms with E-state index in [1.165, 1.54) is 30.4 Å². The third kappa shape index (κ3) is 3.57. The molecule has 3 rings (SSSR count). The Morgan fingerprint density at radius 2 is 1.96 bits per heavy atom. The van der Waals surface area contributed by atoms with Gasteiger partial charge in [0.15, 0.2) is 0 Å². The molecule has 1 amide bonds. The van der Waals surface area contributed by atoms with Crippen LogP contribution in [0.3, 0.4) is 0 Å². The van der Waals surface area contributed by atoms with Gasteiger partial charge in [0.05, 0.1) is 0 Å². The molecule has 0 saturated heterocycles. The second kappa shape index (κ2) is 9.05. The Labute approximate surface area is 171 Å². The van der Waals surface area contributed by atoms with Crippen molar-refractivity contribution in [3.05, 3.63) is 41.5 Å². The van der Waals surface area contributed by atoms with Crippen LogP contribution >= 0.6 is 0 Å². The van der Waals surface area contributed by atoms with Gasteiger partial charge in [-0.25, -0.2) is 0 Å². The molecule has 2 aliphatic rings. The summed E-state index contributed by atoms with van der Waals surface area (Å²) in [7, 11) is -0.912. The number of rotatable bonds is 3. The van der Waals surface area contributed by atoms with Crippen molar-refractivity contribution < 1.29 is 50.3 Å². The fraction of sp³-hybridized carbons (Fsp3) is 0.500. The van der Waals surface area contributed by atoms with E-state index in [0.29, 0.717) is 5.54 Å². The first-order valence-electron chi connectivity index (χ1n) is 8.35. The van der Waals surface area contributed by atoms with Gasteiger partial charge in [-0.1, -0.05) is 0 Å². The number of carbonyl (C=O) groups excluding carboxylic acids is 1. The summed E-state index contributed by atoms with van der Waals surface area (Å²) in [6.07, 6.45) is 9.24. The Kier molecular flexibility index (Phi) is 8.29. The fourth-order valence-corrected chi connectivity index (χ4v) is 7.76. The van der Waals surface area contributed by atoms with Crippen LogP contribution in [0.2, 0.25) is 18.6 Å². The van der Waals surface area contributed by atoms with Crippen LogP contribution in [0.25, 0.3) is 6.08 Å². The number of fused-ring (bicyclic) bond motifs is 1. The number of allylic oxidation sites excluding steroid dienone is 1. The first-order valence-corrected chi connectivity index (χ1v) is 12.1. The molecule has 0 radical (unpaired) electrons. The minimum Gasteiger partial charge on any atom is -1.00 e. The fourth-order valence-electron chi connectivity index (χ4n) is 4.78. The molecule has 1 saturated carbocycles. The van der Waals surface area contributed by atoms with Gasteiger partial charge in [-0.3, -0.25) is 0 Å². The summed E-state index contributed by atoms with van der Waals surface area (Å²) in [5.74, 6) is 0.522. The number of carbonyl (C=O) groups is 1. The van der Waals surface area contributed by atoms with Gasteiger partial charge in [0, 0.05) is 0 Å². The number of benzene rings is 1. The van der Waals surface area contributed by atoms with Crippen molar-refractivity contribution >= 4 is 20.8 Å². The second-order valence-corrected chi connectivity index (χ2v) is 10.7. The van der Waals surface area contributed by atoms with Crippen LogP contribution in [0, 0.1) is 5.41 Å². The van der Waals surface area contributed by atoms with Gasteiger partial charge in [0.2, 0.25) is 0 Å².